The van der Waals surface area contributed by atoms with Crippen LogP contribution < -0.4 is 10.6 Å². The lowest BCUT2D eigenvalue weighted by Crippen LogP contribution is -2.47. The summed E-state index contributed by atoms with van der Waals surface area (Å²) >= 11 is 0. The number of piperazine rings is 1. The summed E-state index contributed by atoms with van der Waals surface area (Å²) in [4.78, 5) is 20.9. The van der Waals surface area contributed by atoms with Crippen molar-refractivity contribution in [3.8, 4) is 0 Å². The predicted octanol–water partition coefficient (Wildman–Crippen LogP) is -1.03. The van der Waals surface area contributed by atoms with Crippen molar-refractivity contribution >= 4 is 5.91 Å². The highest BCUT2D eigenvalue weighted by Crippen LogP contribution is 1.92. The van der Waals surface area contributed by atoms with E-state index in [9.17, 15) is 4.79 Å². The Balaban J connectivity index is 1.60. The minimum atomic E-state index is 0.0958. The molecule has 0 bridgehead atoms. The highest BCUT2D eigenvalue weighted by molar-refractivity contribution is 5.78. The number of amides is 1. The molecule has 0 atom stereocenters. The number of aromatic amines is 1. The van der Waals surface area contributed by atoms with Gasteiger partial charge in [0.25, 0.3) is 0 Å². The van der Waals surface area contributed by atoms with Crippen LogP contribution in [0.4, 0.5) is 0 Å². The molecule has 0 aromatic carbocycles. The van der Waals surface area contributed by atoms with E-state index in [0.717, 1.165) is 38.4 Å². The molecule has 1 aliphatic heterocycles. The zero-order valence-corrected chi connectivity index (χ0v) is 9.91. The van der Waals surface area contributed by atoms with Crippen LogP contribution in [0.15, 0.2) is 12.4 Å². The SMILES string of the molecule is O=C(CN1CCNCC1)NCCc1ncc[nH]1. The van der Waals surface area contributed by atoms with Crippen molar-refractivity contribution in [1.29, 1.82) is 0 Å². The molecule has 0 unspecified atom stereocenters. The van der Waals surface area contributed by atoms with Crippen LogP contribution in [0, 0.1) is 0 Å². The number of imidazole rings is 1. The van der Waals surface area contributed by atoms with Gasteiger partial charge in [0.1, 0.15) is 5.82 Å². The Hall–Kier alpha value is -1.40. The second-order valence-electron chi connectivity index (χ2n) is 4.16. The molecule has 3 N–H and O–H groups in total. The number of hydrogen-bond donors (Lipinski definition) is 3. The summed E-state index contributed by atoms with van der Waals surface area (Å²) in [6, 6.07) is 0. The minimum absolute atomic E-state index is 0.0958. The summed E-state index contributed by atoms with van der Waals surface area (Å²) in [5, 5.41) is 6.17. The molecular formula is C11H19N5O. The number of carbonyl (C=O) groups is 1. The molecule has 6 nitrogen and oxygen atoms in total. The maximum absolute atomic E-state index is 11.6. The molecule has 1 aliphatic rings. The van der Waals surface area contributed by atoms with Crippen LogP contribution in [0.2, 0.25) is 0 Å². The van der Waals surface area contributed by atoms with Gasteiger partial charge in [-0.1, -0.05) is 0 Å². The molecular weight excluding hydrogens is 218 g/mol. The largest absolute Gasteiger partial charge is 0.355 e. The Morgan fingerprint density at radius 2 is 2.29 bits per heavy atom. The van der Waals surface area contributed by atoms with Gasteiger partial charge in [-0.05, 0) is 0 Å². The Bertz CT molecular complexity index is 332. The molecule has 1 amide bonds. The number of H-pyrrole nitrogens is 1. The first-order chi connectivity index (χ1) is 8.34. The lowest BCUT2D eigenvalue weighted by molar-refractivity contribution is -0.122. The van der Waals surface area contributed by atoms with Crippen LogP contribution in [0.1, 0.15) is 5.82 Å². The summed E-state index contributed by atoms with van der Waals surface area (Å²) < 4.78 is 0. The van der Waals surface area contributed by atoms with Crippen molar-refractivity contribution in [3.63, 3.8) is 0 Å². The zero-order chi connectivity index (χ0) is 11.9. The predicted molar refractivity (Wildman–Crippen MR) is 64.6 cm³/mol. The van der Waals surface area contributed by atoms with E-state index in [0.29, 0.717) is 13.1 Å². The Kier molecular flexibility index (Phi) is 4.52. The highest BCUT2D eigenvalue weighted by atomic mass is 16.2. The quantitative estimate of drug-likeness (QED) is 0.612. The van der Waals surface area contributed by atoms with Crippen molar-refractivity contribution in [2.24, 2.45) is 0 Å². The molecule has 2 heterocycles. The van der Waals surface area contributed by atoms with Crippen molar-refractivity contribution in [1.82, 2.24) is 25.5 Å². The van der Waals surface area contributed by atoms with Gasteiger partial charge in [-0.2, -0.15) is 0 Å². The first kappa shape index (κ1) is 12.1. The molecule has 1 aromatic heterocycles. The topological polar surface area (TPSA) is 73.1 Å². The van der Waals surface area contributed by atoms with E-state index in [1.54, 1.807) is 12.4 Å². The molecule has 2 rings (SSSR count). The summed E-state index contributed by atoms with van der Waals surface area (Å²) in [5.41, 5.74) is 0. The molecule has 17 heavy (non-hydrogen) atoms. The lowest BCUT2D eigenvalue weighted by atomic mass is 10.3. The standard InChI is InChI=1S/C11H19N5O/c17-11(9-16-7-5-12-6-8-16)15-2-1-10-13-3-4-14-10/h3-4,12H,1-2,5-9H2,(H,13,14)(H,15,17). The van der Waals surface area contributed by atoms with E-state index >= 15 is 0 Å². The average molecular weight is 237 g/mol. The molecule has 0 spiro atoms. The first-order valence-corrected chi connectivity index (χ1v) is 6.02. The van der Waals surface area contributed by atoms with Gasteiger partial charge in [-0.3, -0.25) is 9.69 Å². The Morgan fingerprint density at radius 3 is 3.00 bits per heavy atom. The van der Waals surface area contributed by atoms with Crippen LogP contribution in [-0.2, 0) is 11.2 Å². The molecule has 0 radical (unpaired) electrons. The van der Waals surface area contributed by atoms with E-state index in [1.165, 1.54) is 0 Å². The van der Waals surface area contributed by atoms with Gasteiger partial charge in [0.2, 0.25) is 5.91 Å². The van der Waals surface area contributed by atoms with Crippen molar-refractivity contribution in [2.45, 2.75) is 6.42 Å². The number of hydrogen-bond acceptors (Lipinski definition) is 4. The van der Waals surface area contributed by atoms with E-state index in [-0.39, 0.29) is 5.91 Å². The van der Waals surface area contributed by atoms with Gasteiger partial charge < -0.3 is 15.6 Å². The van der Waals surface area contributed by atoms with Crippen LogP contribution in [0.5, 0.6) is 0 Å². The van der Waals surface area contributed by atoms with Crippen molar-refractivity contribution in [2.75, 3.05) is 39.3 Å². The molecule has 1 aromatic rings. The normalized spacial score (nSPS) is 16.9. The fraction of sp³-hybridized carbons (Fsp3) is 0.636. The van der Waals surface area contributed by atoms with E-state index in [2.05, 4.69) is 25.5 Å². The number of nitrogens with zero attached hydrogens (tertiary/aromatic N) is 2. The van der Waals surface area contributed by atoms with Gasteiger partial charge in [-0.25, -0.2) is 4.98 Å². The van der Waals surface area contributed by atoms with Crippen LogP contribution in [-0.4, -0.2) is 60.0 Å². The number of carbonyl (C=O) groups excluding carboxylic acids is 1. The molecule has 6 heteroatoms. The Morgan fingerprint density at radius 1 is 1.47 bits per heavy atom. The van der Waals surface area contributed by atoms with Crippen LogP contribution in [0.25, 0.3) is 0 Å². The van der Waals surface area contributed by atoms with Gasteiger partial charge in [0.05, 0.1) is 6.54 Å². The summed E-state index contributed by atoms with van der Waals surface area (Å²) in [7, 11) is 0. The third-order valence-corrected chi connectivity index (χ3v) is 2.82. The first-order valence-electron chi connectivity index (χ1n) is 6.02. The molecule has 0 aliphatic carbocycles. The maximum atomic E-state index is 11.6. The molecule has 1 saturated heterocycles. The highest BCUT2D eigenvalue weighted by Gasteiger charge is 2.12. The fourth-order valence-corrected chi connectivity index (χ4v) is 1.88. The second-order valence-corrected chi connectivity index (χ2v) is 4.16. The van der Waals surface area contributed by atoms with E-state index in [4.69, 9.17) is 0 Å². The lowest BCUT2D eigenvalue weighted by Gasteiger charge is -2.26. The van der Waals surface area contributed by atoms with Crippen molar-refractivity contribution in [3.05, 3.63) is 18.2 Å². The summed E-state index contributed by atoms with van der Waals surface area (Å²) in [5.74, 6) is 1.01. The van der Waals surface area contributed by atoms with Crippen molar-refractivity contribution < 1.29 is 4.79 Å². The van der Waals surface area contributed by atoms with Crippen LogP contribution in [0.3, 0.4) is 0 Å². The minimum Gasteiger partial charge on any atom is -0.355 e. The summed E-state index contributed by atoms with van der Waals surface area (Å²) in [6.07, 6.45) is 4.26. The monoisotopic (exact) mass is 237 g/mol. The van der Waals surface area contributed by atoms with Gasteiger partial charge in [0.15, 0.2) is 0 Å². The molecule has 94 valence electrons. The smallest absolute Gasteiger partial charge is 0.234 e. The maximum Gasteiger partial charge on any atom is 0.234 e. The Labute approximate surface area is 101 Å². The molecule has 1 fully saturated rings. The van der Waals surface area contributed by atoms with Gasteiger partial charge in [-0.15, -0.1) is 0 Å². The van der Waals surface area contributed by atoms with Gasteiger partial charge >= 0.3 is 0 Å². The fourth-order valence-electron chi connectivity index (χ4n) is 1.88. The number of aromatic nitrogens is 2. The van der Waals surface area contributed by atoms with Crippen LogP contribution >= 0.6 is 0 Å². The van der Waals surface area contributed by atoms with E-state index < -0.39 is 0 Å². The average Bonchev–Trinajstić information content (AvgIpc) is 2.83. The third-order valence-electron chi connectivity index (χ3n) is 2.82. The number of rotatable bonds is 5. The molecule has 0 saturated carbocycles. The summed E-state index contributed by atoms with van der Waals surface area (Å²) in [6.45, 7) is 4.98. The number of nitrogens with one attached hydrogen (secondary N) is 3. The van der Waals surface area contributed by atoms with E-state index in [1.807, 2.05) is 0 Å². The van der Waals surface area contributed by atoms with Gasteiger partial charge in [0, 0.05) is 51.5 Å². The second kappa shape index (κ2) is 6.36. The third kappa shape index (κ3) is 4.16. The zero-order valence-electron chi connectivity index (χ0n) is 9.91.